The van der Waals surface area contributed by atoms with Gasteiger partial charge in [-0.1, -0.05) is 23.7 Å². The van der Waals surface area contributed by atoms with Crippen molar-refractivity contribution in [2.45, 2.75) is 6.92 Å². The third-order valence-corrected chi connectivity index (χ3v) is 3.70. The Morgan fingerprint density at radius 1 is 1.25 bits per heavy atom. The maximum absolute atomic E-state index is 11.8. The fraction of sp³-hybridized carbons (Fsp3) is 0.167. The molecule has 2 aromatic rings. The van der Waals surface area contributed by atoms with Crippen molar-refractivity contribution in [3.63, 3.8) is 0 Å². The number of hydrogen-bond acceptors (Lipinski definition) is 6. The number of para-hydroxylation sites is 1. The van der Waals surface area contributed by atoms with Crippen molar-refractivity contribution >= 4 is 35.3 Å². The summed E-state index contributed by atoms with van der Waals surface area (Å²) in [5.74, 6) is -0.573. The summed E-state index contributed by atoms with van der Waals surface area (Å²) in [6, 6.07) is 10.9. The lowest BCUT2D eigenvalue weighted by molar-refractivity contribution is -0.385. The first-order valence-corrected chi connectivity index (χ1v) is 8.45. The number of carbonyl (C=O) groups excluding carboxylic acids is 2. The molecule has 0 unspecified atom stereocenters. The van der Waals surface area contributed by atoms with Crippen LogP contribution in [-0.2, 0) is 9.59 Å². The number of hydrogen-bond donors (Lipinski definition) is 2. The van der Waals surface area contributed by atoms with E-state index in [4.69, 9.17) is 16.3 Å². The van der Waals surface area contributed by atoms with Crippen LogP contribution in [0.2, 0.25) is 5.02 Å². The van der Waals surface area contributed by atoms with Crippen LogP contribution < -0.4 is 15.5 Å². The molecule has 2 N–H and O–H groups in total. The van der Waals surface area contributed by atoms with Crippen LogP contribution in [0.4, 0.5) is 5.69 Å². The van der Waals surface area contributed by atoms with E-state index in [1.54, 1.807) is 31.2 Å². The van der Waals surface area contributed by atoms with Crippen molar-refractivity contribution < 1.29 is 19.2 Å². The highest BCUT2D eigenvalue weighted by atomic mass is 35.5. The van der Waals surface area contributed by atoms with E-state index in [-0.39, 0.29) is 24.4 Å². The monoisotopic (exact) mass is 404 g/mol. The second-order valence-corrected chi connectivity index (χ2v) is 6.02. The molecule has 2 rings (SSSR count). The second-order valence-electron chi connectivity index (χ2n) is 5.58. The summed E-state index contributed by atoms with van der Waals surface area (Å²) >= 11 is 5.85. The molecule has 0 saturated heterocycles. The van der Waals surface area contributed by atoms with Gasteiger partial charge < -0.3 is 10.1 Å². The van der Waals surface area contributed by atoms with Crippen LogP contribution in [0, 0.1) is 17.0 Å². The summed E-state index contributed by atoms with van der Waals surface area (Å²) in [6.07, 6.45) is 1.16. The van der Waals surface area contributed by atoms with Crippen molar-refractivity contribution in [2.75, 3.05) is 13.2 Å². The Bertz CT molecular complexity index is 917. The zero-order chi connectivity index (χ0) is 20.5. The van der Waals surface area contributed by atoms with Gasteiger partial charge in [0.1, 0.15) is 5.75 Å². The van der Waals surface area contributed by atoms with Gasteiger partial charge in [0.25, 0.3) is 17.5 Å². The maximum atomic E-state index is 11.8. The number of ether oxygens (including phenoxy) is 1. The quantitative estimate of drug-likeness (QED) is 0.396. The molecule has 0 bridgehead atoms. The molecule has 0 spiro atoms. The van der Waals surface area contributed by atoms with Crippen molar-refractivity contribution in [1.82, 2.24) is 10.7 Å². The zero-order valence-corrected chi connectivity index (χ0v) is 15.6. The molecular formula is C18H17ClN4O5. The Morgan fingerprint density at radius 3 is 2.71 bits per heavy atom. The molecule has 0 atom stereocenters. The number of halogens is 1. The van der Waals surface area contributed by atoms with Crippen molar-refractivity contribution in [1.29, 1.82) is 0 Å². The van der Waals surface area contributed by atoms with Crippen LogP contribution in [-0.4, -0.2) is 36.1 Å². The van der Waals surface area contributed by atoms with E-state index in [1.165, 1.54) is 18.2 Å². The number of nitro benzene ring substituents is 1. The average molecular weight is 405 g/mol. The van der Waals surface area contributed by atoms with E-state index < -0.39 is 16.7 Å². The normalized spacial score (nSPS) is 10.5. The fourth-order valence-electron chi connectivity index (χ4n) is 2.12. The van der Waals surface area contributed by atoms with Gasteiger partial charge in [-0.2, -0.15) is 5.10 Å². The lowest BCUT2D eigenvalue weighted by Gasteiger charge is -2.09. The summed E-state index contributed by atoms with van der Waals surface area (Å²) in [5.41, 5.74) is 3.06. The van der Waals surface area contributed by atoms with E-state index in [2.05, 4.69) is 15.8 Å². The first-order chi connectivity index (χ1) is 13.4. The van der Waals surface area contributed by atoms with Gasteiger partial charge in [-0.05, 0) is 36.8 Å². The summed E-state index contributed by atoms with van der Waals surface area (Å²) in [4.78, 5) is 33.8. The van der Waals surface area contributed by atoms with Crippen LogP contribution in [0.25, 0.3) is 0 Å². The van der Waals surface area contributed by atoms with Gasteiger partial charge in [0.05, 0.1) is 23.2 Å². The molecule has 0 fully saturated rings. The number of amides is 2. The highest BCUT2D eigenvalue weighted by Crippen LogP contribution is 2.21. The minimum Gasteiger partial charge on any atom is -0.484 e. The van der Waals surface area contributed by atoms with Crippen LogP contribution >= 0.6 is 11.6 Å². The number of nitrogens with one attached hydrogen (secondary N) is 2. The van der Waals surface area contributed by atoms with Gasteiger partial charge >= 0.3 is 0 Å². The molecule has 0 aromatic heterocycles. The van der Waals surface area contributed by atoms with E-state index >= 15 is 0 Å². The first-order valence-electron chi connectivity index (χ1n) is 8.08. The highest BCUT2D eigenvalue weighted by Gasteiger charge is 2.10. The lowest BCUT2D eigenvalue weighted by atomic mass is 10.2. The maximum Gasteiger partial charge on any atom is 0.278 e. The van der Waals surface area contributed by atoms with Crippen molar-refractivity contribution in [2.24, 2.45) is 5.10 Å². The predicted molar refractivity (Wildman–Crippen MR) is 104 cm³/mol. The van der Waals surface area contributed by atoms with Gasteiger partial charge in [-0.3, -0.25) is 19.7 Å². The largest absolute Gasteiger partial charge is 0.484 e. The molecule has 28 heavy (non-hydrogen) atoms. The van der Waals surface area contributed by atoms with E-state index in [1.807, 2.05) is 0 Å². The topological polar surface area (TPSA) is 123 Å². The molecule has 0 aliphatic heterocycles. The molecule has 2 amide bonds. The number of carbonyl (C=O) groups is 2. The SMILES string of the molecule is Cc1cc(Cl)ccc1OCC(=O)NCC(=O)N/N=C/c1ccccc1[N+](=O)[O-]. The molecule has 10 heteroatoms. The number of nitro groups is 1. The average Bonchev–Trinajstić information content (AvgIpc) is 2.66. The molecule has 146 valence electrons. The van der Waals surface area contributed by atoms with Gasteiger partial charge in [-0.15, -0.1) is 0 Å². The molecule has 0 aliphatic carbocycles. The van der Waals surface area contributed by atoms with Crippen LogP contribution in [0.1, 0.15) is 11.1 Å². The Morgan fingerprint density at radius 2 is 2.00 bits per heavy atom. The predicted octanol–water partition coefficient (Wildman–Crippen LogP) is 2.20. The minimum atomic E-state index is -0.592. The number of hydrazone groups is 1. The molecule has 2 aromatic carbocycles. The first kappa shape index (κ1) is 20.8. The smallest absolute Gasteiger partial charge is 0.278 e. The fourth-order valence-corrected chi connectivity index (χ4v) is 2.35. The Balaban J connectivity index is 1.76. The minimum absolute atomic E-state index is 0.136. The summed E-state index contributed by atoms with van der Waals surface area (Å²) in [5, 5.41) is 17.5. The molecule has 0 heterocycles. The molecule has 0 aliphatic rings. The Hall–Kier alpha value is -3.46. The summed E-state index contributed by atoms with van der Waals surface area (Å²) in [7, 11) is 0. The molecule has 9 nitrogen and oxygen atoms in total. The third-order valence-electron chi connectivity index (χ3n) is 3.47. The number of rotatable bonds is 8. The molecular weight excluding hydrogens is 388 g/mol. The number of nitrogens with zero attached hydrogens (tertiary/aromatic N) is 2. The summed E-state index contributed by atoms with van der Waals surface area (Å²) in [6.45, 7) is 1.20. The van der Waals surface area contributed by atoms with Crippen LogP contribution in [0.3, 0.4) is 0 Å². The van der Waals surface area contributed by atoms with Gasteiger partial charge in [0.2, 0.25) is 0 Å². The third kappa shape index (κ3) is 6.36. The van der Waals surface area contributed by atoms with Gasteiger partial charge in [0, 0.05) is 11.1 Å². The van der Waals surface area contributed by atoms with E-state index in [0.717, 1.165) is 11.8 Å². The number of aryl methyl sites for hydroxylation is 1. The standard InChI is InChI=1S/C18H17ClN4O5/c1-12-8-14(19)6-7-16(12)28-11-18(25)20-10-17(24)22-21-9-13-4-2-3-5-15(13)23(26)27/h2-9H,10-11H2,1H3,(H,20,25)(H,22,24)/b21-9+. The Labute approximate surface area is 165 Å². The van der Waals surface area contributed by atoms with Crippen molar-refractivity contribution in [3.05, 3.63) is 68.7 Å². The van der Waals surface area contributed by atoms with Gasteiger partial charge in [0.15, 0.2) is 6.61 Å². The van der Waals surface area contributed by atoms with Crippen LogP contribution in [0.15, 0.2) is 47.6 Å². The molecule has 0 saturated carbocycles. The lowest BCUT2D eigenvalue weighted by Crippen LogP contribution is -2.37. The van der Waals surface area contributed by atoms with Crippen molar-refractivity contribution in [3.8, 4) is 5.75 Å². The Kier molecular flexibility index (Phi) is 7.46. The molecule has 0 radical (unpaired) electrons. The highest BCUT2D eigenvalue weighted by molar-refractivity contribution is 6.30. The zero-order valence-electron chi connectivity index (χ0n) is 14.8. The van der Waals surface area contributed by atoms with Gasteiger partial charge in [-0.25, -0.2) is 5.43 Å². The van der Waals surface area contributed by atoms with Crippen LogP contribution in [0.5, 0.6) is 5.75 Å². The van der Waals surface area contributed by atoms with E-state index in [9.17, 15) is 19.7 Å². The number of benzene rings is 2. The second kappa shape index (κ2) is 10.0. The summed E-state index contributed by atoms with van der Waals surface area (Å²) < 4.78 is 5.36. The van der Waals surface area contributed by atoms with E-state index in [0.29, 0.717) is 10.8 Å².